The van der Waals surface area contributed by atoms with Gasteiger partial charge in [0.25, 0.3) is 0 Å². The van der Waals surface area contributed by atoms with Gasteiger partial charge in [0, 0.05) is 11.8 Å². The summed E-state index contributed by atoms with van der Waals surface area (Å²) in [6.45, 7) is 14.4. The summed E-state index contributed by atoms with van der Waals surface area (Å²) in [6, 6.07) is 0.254. The van der Waals surface area contributed by atoms with Gasteiger partial charge in [0.2, 0.25) is 0 Å². The molecule has 1 N–H and O–H groups in total. The fourth-order valence-electron chi connectivity index (χ4n) is 2.12. The topological polar surface area (TPSA) is 32.6 Å². The van der Waals surface area contributed by atoms with E-state index in [9.17, 15) is 5.11 Å². The Balaban J connectivity index is 5.22. The largest absolute Gasteiger partial charge is 0.383 e. The van der Waals surface area contributed by atoms with E-state index in [0.29, 0.717) is 0 Å². The molecule has 0 unspecified atom stereocenters. The summed E-state index contributed by atoms with van der Waals surface area (Å²) in [7, 11) is 0. The highest BCUT2D eigenvalue weighted by atomic mass is 16.3. The third-order valence-corrected chi connectivity index (χ3v) is 2.97. The van der Waals surface area contributed by atoms with E-state index in [1.807, 2.05) is 0 Å². The van der Waals surface area contributed by atoms with E-state index >= 15 is 0 Å². The second-order valence-electron chi connectivity index (χ2n) is 5.16. The minimum atomic E-state index is -0.751. The molecule has 2 nitrogen and oxygen atoms in total. The van der Waals surface area contributed by atoms with Gasteiger partial charge in [-0.1, -0.05) is 34.6 Å². The average molecular weight is 213 g/mol. The summed E-state index contributed by atoms with van der Waals surface area (Å²) in [5.41, 5.74) is 0.196. The number of rotatable bonds is 5. The zero-order valence-electron chi connectivity index (χ0n) is 11.3. The molecule has 0 aromatic heterocycles. The Morgan fingerprint density at radius 3 is 1.67 bits per heavy atom. The average Bonchev–Trinajstić information content (AvgIpc) is 2.11. The van der Waals surface area contributed by atoms with E-state index in [2.05, 4.69) is 53.5 Å². The van der Waals surface area contributed by atoms with Crippen LogP contribution in [0, 0.1) is 11.8 Å². The van der Waals surface area contributed by atoms with Gasteiger partial charge >= 0.3 is 0 Å². The summed E-state index contributed by atoms with van der Waals surface area (Å²) in [5, 5.41) is 10.7. The molecule has 0 aliphatic rings. The van der Waals surface area contributed by atoms with Crippen molar-refractivity contribution in [2.24, 2.45) is 16.8 Å². The molecule has 0 aromatic rings. The fourth-order valence-corrected chi connectivity index (χ4v) is 2.12. The standard InChI is InChI=1S/C13H27NO/c1-8-12(14-11(6)7)13(15,9(2)3)10(4)5/h9-11,15H,8H2,1-7H3. The highest BCUT2D eigenvalue weighted by molar-refractivity contribution is 5.92. The van der Waals surface area contributed by atoms with Crippen molar-refractivity contribution in [3.8, 4) is 0 Å². The van der Waals surface area contributed by atoms with Crippen LogP contribution in [0.1, 0.15) is 54.9 Å². The molecule has 0 spiro atoms. The third kappa shape index (κ3) is 3.30. The zero-order chi connectivity index (χ0) is 12.2. The van der Waals surface area contributed by atoms with Gasteiger partial charge < -0.3 is 5.11 Å². The van der Waals surface area contributed by atoms with Crippen molar-refractivity contribution in [3.05, 3.63) is 0 Å². The SMILES string of the molecule is CCC(=NC(C)C)C(O)(C(C)C)C(C)C. The Kier molecular flexibility index (Phi) is 5.50. The second kappa shape index (κ2) is 5.64. The molecule has 0 aromatic carbocycles. The maximum Gasteiger partial charge on any atom is 0.107 e. The first-order valence-corrected chi connectivity index (χ1v) is 6.06. The van der Waals surface area contributed by atoms with Gasteiger partial charge in [0.05, 0.1) is 0 Å². The minimum absolute atomic E-state index is 0.204. The van der Waals surface area contributed by atoms with Crippen LogP contribution in [0.25, 0.3) is 0 Å². The smallest absolute Gasteiger partial charge is 0.107 e. The predicted octanol–water partition coefficient (Wildman–Crippen LogP) is 3.29. The van der Waals surface area contributed by atoms with Crippen molar-refractivity contribution in [2.75, 3.05) is 0 Å². The Hall–Kier alpha value is -0.370. The van der Waals surface area contributed by atoms with Gasteiger partial charge in [-0.05, 0) is 32.1 Å². The number of nitrogens with zero attached hydrogens (tertiary/aromatic N) is 1. The molecular weight excluding hydrogens is 186 g/mol. The summed E-state index contributed by atoms with van der Waals surface area (Å²) in [4.78, 5) is 4.58. The maximum absolute atomic E-state index is 10.7. The summed E-state index contributed by atoms with van der Waals surface area (Å²) in [6.07, 6.45) is 0.824. The van der Waals surface area contributed by atoms with Crippen molar-refractivity contribution in [1.82, 2.24) is 0 Å². The van der Waals surface area contributed by atoms with Gasteiger partial charge in [0.15, 0.2) is 0 Å². The molecule has 0 aliphatic heterocycles. The van der Waals surface area contributed by atoms with Crippen LogP contribution < -0.4 is 0 Å². The van der Waals surface area contributed by atoms with Crippen LogP contribution >= 0.6 is 0 Å². The monoisotopic (exact) mass is 213 g/mol. The molecule has 0 fully saturated rings. The highest BCUT2D eigenvalue weighted by Crippen LogP contribution is 2.29. The van der Waals surface area contributed by atoms with Crippen LogP contribution in [0.3, 0.4) is 0 Å². The first kappa shape index (κ1) is 14.6. The lowest BCUT2D eigenvalue weighted by molar-refractivity contribution is 0.0174. The van der Waals surface area contributed by atoms with Crippen molar-refractivity contribution in [1.29, 1.82) is 0 Å². The zero-order valence-corrected chi connectivity index (χ0v) is 11.3. The summed E-state index contributed by atoms with van der Waals surface area (Å²) in [5.74, 6) is 0.407. The Labute approximate surface area is 94.8 Å². The molecule has 0 saturated heterocycles. The molecule has 15 heavy (non-hydrogen) atoms. The summed E-state index contributed by atoms with van der Waals surface area (Å²) < 4.78 is 0. The fraction of sp³-hybridized carbons (Fsp3) is 0.923. The molecule has 0 atom stereocenters. The molecule has 0 heterocycles. The first-order valence-electron chi connectivity index (χ1n) is 6.06. The van der Waals surface area contributed by atoms with E-state index in [4.69, 9.17) is 0 Å². The Morgan fingerprint density at radius 1 is 1.07 bits per heavy atom. The van der Waals surface area contributed by atoms with Crippen molar-refractivity contribution >= 4 is 5.71 Å². The lowest BCUT2D eigenvalue weighted by Crippen LogP contribution is -2.48. The first-order chi connectivity index (χ1) is 6.76. The lowest BCUT2D eigenvalue weighted by atomic mass is 9.75. The normalized spacial score (nSPS) is 14.5. The van der Waals surface area contributed by atoms with Gasteiger partial charge in [-0.15, -0.1) is 0 Å². The molecule has 0 radical (unpaired) electrons. The van der Waals surface area contributed by atoms with Crippen LogP contribution in [-0.4, -0.2) is 22.5 Å². The third-order valence-electron chi connectivity index (χ3n) is 2.97. The lowest BCUT2D eigenvalue weighted by Gasteiger charge is -2.37. The van der Waals surface area contributed by atoms with E-state index in [1.54, 1.807) is 0 Å². The van der Waals surface area contributed by atoms with Gasteiger partial charge in [-0.25, -0.2) is 0 Å². The molecule has 0 saturated carbocycles. The predicted molar refractivity (Wildman–Crippen MR) is 67.5 cm³/mol. The number of hydrogen-bond donors (Lipinski definition) is 1. The van der Waals surface area contributed by atoms with Gasteiger partial charge in [-0.2, -0.15) is 0 Å². The van der Waals surface area contributed by atoms with Crippen LogP contribution in [0.15, 0.2) is 4.99 Å². The number of aliphatic hydroxyl groups is 1. The molecule has 0 aliphatic carbocycles. The summed E-state index contributed by atoms with van der Waals surface area (Å²) >= 11 is 0. The second-order valence-corrected chi connectivity index (χ2v) is 5.16. The van der Waals surface area contributed by atoms with Crippen molar-refractivity contribution in [3.63, 3.8) is 0 Å². The Morgan fingerprint density at radius 2 is 1.47 bits per heavy atom. The van der Waals surface area contributed by atoms with Gasteiger partial charge in [-0.3, -0.25) is 4.99 Å². The Bertz CT molecular complexity index is 209. The maximum atomic E-state index is 10.7. The molecule has 2 heteroatoms. The molecule has 90 valence electrons. The number of hydrogen-bond acceptors (Lipinski definition) is 2. The number of aliphatic imine (C=N–C) groups is 1. The molecule has 0 rings (SSSR count). The van der Waals surface area contributed by atoms with E-state index in [-0.39, 0.29) is 17.9 Å². The van der Waals surface area contributed by atoms with Crippen LogP contribution in [0.5, 0.6) is 0 Å². The van der Waals surface area contributed by atoms with Crippen LogP contribution in [0.4, 0.5) is 0 Å². The molecular formula is C13H27NO. The quantitative estimate of drug-likeness (QED) is 0.698. The van der Waals surface area contributed by atoms with Gasteiger partial charge in [0.1, 0.15) is 5.60 Å². The molecule has 0 bridgehead atoms. The van der Waals surface area contributed by atoms with Crippen molar-refractivity contribution in [2.45, 2.75) is 66.5 Å². The minimum Gasteiger partial charge on any atom is -0.383 e. The van der Waals surface area contributed by atoms with Crippen LogP contribution in [-0.2, 0) is 0 Å². The van der Waals surface area contributed by atoms with E-state index < -0.39 is 5.60 Å². The van der Waals surface area contributed by atoms with Crippen LogP contribution in [0.2, 0.25) is 0 Å². The van der Waals surface area contributed by atoms with E-state index in [1.165, 1.54) is 0 Å². The highest BCUT2D eigenvalue weighted by Gasteiger charge is 2.38. The van der Waals surface area contributed by atoms with E-state index in [0.717, 1.165) is 12.1 Å². The molecule has 0 amide bonds. The van der Waals surface area contributed by atoms with Crippen molar-refractivity contribution < 1.29 is 5.11 Å².